The van der Waals surface area contributed by atoms with Gasteiger partial charge in [-0.25, -0.2) is 0 Å². The minimum atomic E-state index is -0.886. The summed E-state index contributed by atoms with van der Waals surface area (Å²) in [6.45, 7) is 0.211. The molecule has 0 radical (unpaired) electrons. The number of rotatable bonds is 5. The molecule has 102 valence electrons. The van der Waals surface area contributed by atoms with Gasteiger partial charge in [-0.3, -0.25) is 9.59 Å². The van der Waals surface area contributed by atoms with E-state index < -0.39 is 5.97 Å². The number of aryl methyl sites for hydroxylation is 1. The number of hydrogen-bond acceptors (Lipinski definition) is 2. The lowest BCUT2D eigenvalue weighted by molar-refractivity contribution is -0.136. The Labute approximate surface area is 112 Å². The van der Waals surface area contributed by atoms with E-state index >= 15 is 0 Å². The molecule has 0 heterocycles. The van der Waals surface area contributed by atoms with Gasteiger partial charge in [0.1, 0.15) is 0 Å². The summed E-state index contributed by atoms with van der Waals surface area (Å²) in [5.41, 5.74) is 2.62. The van der Waals surface area contributed by atoms with Crippen LogP contribution in [0.4, 0.5) is 0 Å². The van der Waals surface area contributed by atoms with Crippen molar-refractivity contribution in [2.45, 2.75) is 38.0 Å². The Morgan fingerprint density at radius 3 is 2.89 bits per heavy atom. The number of nitrogens with one attached hydrogen (secondary N) is 1. The van der Waals surface area contributed by atoms with Crippen LogP contribution in [0.15, 0.2) is 24.3 Å². The van der Waals surface area contributed by atoms with Crippen molar-refractivity contribution in [3.8, 4) is 0 Å². The average Bonchev–Trinajstić information content (AvgIpc) is 2.39. The van der Waals surface area contributed by atoms with Crippen molar-refractivity contribution in [2.24, 2.45) is 0 Å². The van der Waals surface area contributed by atoms with E-state index in [-0.39, 0.29) is 24.8 Å². The SMILES string of the molecule is O=C(O)CCNC(=O)C[C@H]1CCCc2ccccc21. The van der Waals surface area contributed by atoms with Gasteiger partial charge in [-0.15, -0.1) is 0 Å². The number of carbonyl (C=O) groups excluding carboxylic acids is 1. The van der Waals surface area contributed by atoms with E-state index in [2.05, 4.69) is 17.4 Å². The molecule has 2 rings (SSSR count). The molecule has 19 heavy (non-hydrogen) atoms. The van der Waals surface area contributed by atoms with Crippen molar-refractivity contribution in [1.29, 1.82) is 0 Å². The monoisotopic (exact) mass is 261 g/mol. The minimum Gasteiger partial charge on any atom is -0.481 e. The zero-order valence-electron chi connectivity index (χ0n) is 10.9. The third kappa shape index (κ3) is 3.81. The molecular formula is C15H19NO3. The average molecular weight is 261 g/mol. The van der Waals surface area contributed by atoms with Crippen molar-refractivity contribution in [2.75, 3.05) is 6.54 Å². The van der Waals surface area contributed by atoms with E-state index in [1.165, 1.54) is 11.1 Å². The quantitative estimate of drug-likeness (QED) is 0.853. The Morgan fingerprint density at radius 2 is 2.11 bits per heavy atom. The highest BCUT2D eigenvalue weighted by Gasteiger charge is 2.22. The Morgan fingerprint density at radius 1 is 1.32 bits per heavy atom. The molecule has 2 N–H and O–H groups in total. The Bertz CT molecular complexity index is 470. The van der Waals surface area contributed by atoms with Crippen LogP contribution in [0.1, 0.15) is 42.7 Å². The number of benzene rings is 1. The third-order valence-corrected chi connectivity index (χ3v) is 3.59. The molecule has 1 aromatic rings. The first-order valence-electron chi connectivity index (χ1n) is 6.73. The second-order valence-electron chi connectivity index (χ2n) is 4.99. The fraction of sp³-hybridized carbons (Fsp3) is 0.467. The van der Waals surface area contributed by atoms with Crippen molar-refractivity contribution >= 4 is 11.9 Å². The third-order valence-electron chi connectivity index (χ3n) is 3.59. The zero-order chi connectivity index (χ0) is 13.7. The van der Waals surface area contributed by atoms with Crippen molar-refractivity contribution in [1.82, 2.24) is 5.32 Å². The van der Waals surface area contributed by atoms with E-state index in [1.54, 1.807) is 0 Å². The first-order chi connectivity index (χ1) is 9.16. The van der Waals surface area contributed by atoms with Gasteiger partial charge >= 0.3 is 5.97 Å². The van der Waals surface area contributed by atoms with Crippen LogP contribution in [0.25, 0.3) is 0 Å². The second kappa shape index (κ2) is 6.36. The van der Waals surface area contributed by atoms with Crippen LogP contribution in [0.3, 0.4) is 0 Å². The molecule has 0 aliphatic heterocycles. The highest BCUT2D eigenvalue weighted by atomic mass is 16.4. The first-order valence-corrected chi connectivity index (χ1v) is 6.73. The Hall–Kier alpha value is -1.84. The van der Waals surface area contributed by atoms with Crippen LogP contribution < -0.4 is 5.32 Å². The maximum absolute atomic E-state index is 11.8. The van der Waals surface area contributed by atoms with Crippen molar-refractivity contribution < 1.29 is 14.7 Å². The van der Waals surface area contributed by atoms with Crippen LogP contribution in [-0.4, -0.2) is 23.5 Å². The van der Waals surface area contributed by atoms with Gasteiger partial charge in [0.25, 0.3) is 0 Å². The van der Waals surface area contributed by atoms with Crippen LogP contribution in [0.5, 0.6) is 0 Å². The zero-order valence-corrected chi connectivity index (χ0v) is 10.9. The van der Waals surface area contributed by atoms with Crippen molar-refractivity contribution in [3.63, 3.8) is 0 Å². The minimum absolute atomic E-state index is 0.0208. The molecule has 0 fully saturated rings. The van der Waals surface area contributed by atoms with Gasteiger partial charge in [-0.2, -0.15) is 0 Å². The predicted octanol–water partition coefficient (Wildman–Crippen LogP) is 2.09. The van der Waals surface area contributed by atoms with Gasteiger partial charge in [-0.1, -0.05) is 24.3 Å². The Kier molecular flexibility index (Phi) is 4.55. The highest BCUT2D eigenvalue weighted by molar-refractivity contribution is 5.77. The smallest absolute Gasteiger partial charge is 0.305 e. The summed E-state index contributed by atoms with van der Waals surface area (Å²) in [4.78, 5) is 22.2. The van der Waals surface area contributed by atoms with Gasteiger partial charge in [-0.05, 0) is 36.3 Å². The number of carbonyl (C=O) groups is 2. The molecule has 1 atom stereocenters. The van der Waals surface area contributed by atoms with Crippen LogP contribution in [0.2, 0.25) is 0 Å². The van der Waals surface area contributed by atoms with E-state index in [4.69, 9.17) is 5.11 Å². The second-order valence-corrected chi connectivity index (χ2v) is 4.99. The number of aliphatic carboxylic acids is 1. The summed E-state index contributed by atoms with van der Waals surface area (Å²) in [7, 11) is 0. The molecule has 0 aromatic heterocycles. The Balaban J connectivity index is 1.90. The van der Waals surface area contributed by atoms with Gasteiger partial charge in [0.2, 0.25) is 5.91 Å². The fourth-order valence-corrected chi connectivity index (χ4v) is 2.67. The summed E-state index contributed by atoms with van der Waals surface area (Å²) in [6.07, 6.45) is 3.67. The van der Waals surface area contributed by atoms with Gasteiger partial charge in [0.15, 0.2) is 0 Å². The predicted molar refractivity (Wildman–Crippen MR) is 72.0 cm³/mol. The lowest BCUT2D eigenvalue weighted by Gasteiger charge is -2.24. The molecular weight excluding hydrogens is 242 g/mol. The number of amides is 1. The van der Waals surface area contributed by atoms with E-state index in [0.29, 0.717) is 6.42 Å². The van der Waals surface area contributed by atoms with Crippen LogP contribution in [0, 0.1) is 0 Å². The topological polar surface area (TPSA) is 66.4 Å². The lowest BCUT2D eigenvalue weighted by Crippen LogP contribution is -2.28. The van der Waals surface area contributed by atoms with Crippen LogP contribution in [-0.2, 0) is 16.0 Å². The lowest BCUT2D eigenvalue weighted by atomic mass is 9.81. The summed E-state index contributed by atoms with van der Waals surface area (Å²) in [6, 6.07) is 8.28. The van der Waals surface area contributed by atoms with E-state index in [9.17, 15) is 9.59 Å². The number of fused-ring (bicyclic) bond motifs is 1. The molecule has 0 unspecified atom stereocenters. The first kappa shape index (κ1) is 13.6. The molecule has 1 aromatic carbocycles. The summed E-state index contributed by atoms with van der Waals surface area (Å²) in [5.74, 6) is -0.666. The number of hydrogen-bond donors (Lipinski definition) is 2. The maximum Gasteiger partial charge on any atom is 0.305 e. The number of carboxylic acid groups (broad SMARTS) is 1. The van der Waals surface area contributed by atoms with E-state index in [0.717, 1.165) is 19.3 Å². The van der Waals surface area contributed by atoms with Gasteiger partial charge in [0.05, 0.1) is 6.42 Å². The largest absolute Gasteiger partial charge is 0.481 e. The number of carboxylic acids is 1. The van der Waals surface area contributed by atoms with Gasteiger partial charge in [0, 0.05) is 13.0 Å². The summed E-state index contributed by atoms with van der Waals surface area (Å²) in [5, 5.41) is 11.2. The summed E-state index contributed by atoms with van der Waals surface area (Å²) < 4.78 is 0. The molecule has 0 saturated carbocycles. The normalized spacial score (nSPS) is 17.6. The maximum atomic E-state index is 11.8. The molecule has 0 spiro atoms. The van der Waals surface area contributed by atoms with Gasteiger partial charge < -0.3 is 10.4 Å². The fourth-order valence-electron chi connectivity index (χ4n) is 2.67. The standard InChI is InChI=1S/C15H19NO3/c17-14(16-9-8-15(18)19)10-12-6-3-5-11-4-1-2-7-13(11)12/h1-2,4,7,12H,3,5-6,8-10H2,(H,16,17)(H,18,19)/t12-/m1/s1. The van der Waals surface area contributed by atoms with Crippen LogP contribution >= 0.6 is 0 Å². The van der Waals surface area contributed by atoms with E-state index in [1.807, 2.05) is 12.1 Å². The molecule has 4 nitrogen and oxygen atoms in total. The highest BCUT2D eigenvalue weighted by Crippen LogP contribution is 2.33. The molecule has 1 amide bonds. The molecule has 4 heteroatoms. The molecule has 0 saturated heterocycles. The molecule has 0 bridgehead atoms. The molecule has 1 aliphatic carbocycles. The molecule has 1 aliphatic rings. The summed E-state index contributed by atoms with van der Waals surface area (Å²) >= 11 is 0. The van der Waals surface area contributed by atoms with Crippen molar-refractivity contribution in [3.05, 3.63) is 35.4 Å².